The van der Waals surface area contributed by atoms with E-state index in [0.29, 0.717) is 18.8 Å². The Morgan fingerprint density at radius 1 is 1.00 bits per heavy atom. The van der Waals surface area contributed by atoms with Gasteiger partial charge in [0, 0.05) is 22.4 Å². The minimum Gasteiger partial charge on any atom is -0.296 e. The molecule has 0 bridgehead atoms. The van der Waals surface area contributed by atoms with E-state index < -0.39 is 5.76 Å². The van der Waals surface area contributed by atoms with E-state index in [0.717, 1.165) is 63.5 Å². The maximum Gasteiger partial charge on any atom is 0.439 e. The van der Waals surface area contributed by atoms with Crippen molar-refractivity contribution in [2.45, 2.75) is 46.1 Å². The van der Waals surface area contributed by atoms with E-state index in [4.69, 9.17) is 9.51 Å². The molecule has 0 atom stereocenters. The summed E-state index contributed by atoms with van der Waals surface area (Å²) in [5.74, 6) is 0.559. The Hall–Kier alpha value is -4.04. The lowest BCUT2D eigenvalue weighted by Gasteiger charge is -2.15. The first-order valence-corrected chi connectivity index (χ1v) is 13.3. The van der Waals surface area contributed by atoms with Gasteiger partial charge in [-0.1, -0.05) is 73.1 Å². The molecule has 5 aromatic rings. The lowest BCUT2D eigenvalue weighted by molar-refractivity contribution is 0.388. The van der Waals surface area contributed by atoms with E-state index >= 15 is 0 Å². The molecule has 0 unspecified atom stereocenters. The van der Waals surface area contributed by atoms with Gasteiger partial charge in [0.1, 0.15) is 5.82 Å². The first-order chi connectivity index (χ1) is 18.0. The average molecular weight is 513 g/mol. The summed E-state index contributed by atoms with van der Waals surface area (Å²) < 4.78 is 6.49. The number of aromatic amines is 1. The Morgan fingerprint density at radius 3 is 2.46 bits per heavy atom. The van der Waals surface area contributed by atoms with E-state index in [1.807, 2.05) is 73.0 Å². The molecule has 5 rings (SSSR count). The molecule has 1 N–H and O–H groups in total. The molecule has 0 saturated carbocycles. The van der Waals surface area contributed by atoms with Crippen molar-refractivity contribution < 1.29 is 4.52 Å². The molecule has 188 valence electrons. The van der Waals surface area contributed by atoms with Gasteiger partial charge in [0.05, 0.1) is 12.2 Å². The van der Waals surface area contributed by atoms with Crippen LogP contribution in [0.4, 0.5) is 0 Å². The second-order valence-electron chi connectivity index (χ2n) is 9.02. The van der Waals surface area contributed by atoms with Gasteiger partial charge in [-0.2, -0.15) is 0 Å². The third kappa shape index (κ3) is 5.39. The molecule has 0 saturated heterocycles. The Morgan fingerprint density at radius 2 is 1.78 bits per heavy atom. The number of aryl methyl sites for hydroxylation is 2. The van der Waals surface area contributed by atoms with Crippen LogP contribution in [-0.4, -0.2) is 19.7 Å². The van der Waals surface area contributed by atoms with Gasteiger partial charge in [-0.3, -0.25) is 18.9 Å². The van der Waals surface area contributed by atoms with Crippen molar-refractivity contribution >= 4 is 11.3 Å². The fourth-order valence-electron chi connectivity index (χ4n) is 4.52. The zero-order valence-corrected chi connectivity index (χ0v) is 21.7. The van der Waals surface area contributed by atoms with Crippen molar-refractivity contribution in [3.8, 4) is 22.5 Å². The molecule has 3 aromatic heterocycles. The summed E-state index contributed by atoms with van der Waals surface area (Å²) in [7, 11) is 0. The van der Waals surface area contributed by atoms with Crippen LogP contribution in [0, 0.1) is 6.92 Å². The van der Waals surface area contributed by atoms with Crippen molar-refractivity contribution in [1.29, 1.82) is 0 Å². The molecular weight excluding hydrogens is 484 g/mol. The molecule has 0 aliphatic rings. The minimum absolute atomic E-state index is 0.0383. The minimum atomic E-state index is -0.588. The third-order valence-corrected chi connectivity index (χ3v) is 7.33. The fraction of sp³-hybridized carbons (Fsp3) is 0.241. The summed E-state index contributed by atoms with van der Waals surface area (Å²) in [5, 5.41) is 5.87. The van der Waals surface area contributed by atoms with Crippen LogP contribution < -0.4 is 11.3 Å². The molecule has 0 radical (unpaired) electrons. The molecule has 7 nitrogen and oxygen atoms in total. The standard InChI is InChI=1S/C29H28N4O3S/c1-3-4-11-26-25(28(34)33(19(2)30-26)18-22-8-7-16-37-22)17-20-12-14-21(15-13-20)23-9-5-6-10-24(23)27-31-29(35)36-32-27/h5-10,12-16H,3-4,11,17-18H2,1-2H3,(H,31,32,35). The number of rotatable bonds is 9. The second kappa shape index (κ2) is 10.9. The summed E-state index contributed by atoms with van der Waals surface area (Å²) in [6.45, 7) is 4.61. The number of nitrogens with one attached hydrogen (secondary N) is 1. The molecule has 0 aliphatic carbocycles. The van der Waals surface area contributed by atoms with Crippen molar-refractivity contribution in [3.63, 3.8) is 0 Å². The number of hydrogen-bond acceptors (Lipinski definition) is 6. The highest BCUT2D eigenvalue weighted by Crippen LogP contribution is 2.30. The molecule has 0 spiro atoms. The number of nitrogens with zero attached hydrogens (tertiary/aromatic N) is 3. The second-order valence-corrected chi connectivity index (χ2v) is 10.1. The average Bonchev–Trinajstić information content (AvgIpc) is 3.59. The van der Waals surface area contributed by atoms with Crippen molar-refractivity contribution in [2.75, 3.05) is 0 Å². The highest BCUT2D eigenvalue weighted by Gasteiger charge is 2.16. The van der Waals surface area contributed by atoms with Gasteiger partial charge in [-0.25, -0.2) is 9.78 Å². The lowest BCUT2D eigenvalue weighted by Crippen LogP contribution is -2.29. The number of aromatic nitrogens is 4. The van der Waals surface area contributed by atoms with E-state index in [2.05, 4.69) is 17.1 Å². The predicted octanol–water partition coefficient (Wildman–Crippen LogP) is 5.61. The van der Waals surface area contributed by atoms with Crippen LogP contribution in [0.25, 0.3) is 22.5 Å². The molecule has 3 heterocycles. The first-order valence-electron chi connectivity index (χ1n) is 12.4. The van der Waals surface area contributed by atoms with E-state index in [-0.39, 0.29) is 5.56 Å². The highest BCUT2D eigenvalue weighted by molar-refractivity contribution is 7.09. The van der Waals surface area contributed by atoms with Crippen LogP contribution in [0.1, 0.15) is 47.3 Å². The molecule has 2 aromatic carbocycles. The van der Waals surface area contributed by atoms with Crippen LogP contribution in [-0.2, 0) is 19.4 Å². The van der Waals surface area contributed by atoms with E-state index in [1.54, 1.807) is 15.9 Å². The maximum atomic E-state index is 13.7. The van der Waals surface area contributed by atoms with Crippen molar-refractivity contribution in [2.24, 2.45) is 0 Å². The Labute approximate surface area is 218 Å². The Balaban J connectivity index is 1.48. The summed E-state index contributed by atoms with van der Waals surface area (Å²) in [6, 6.07) is 19.9. The zero-order valence-electron chi connectivity index (χ0n) is 20.9. The predicted molar refractivity (Wildman–Crippen MR) is 146 cm³/mol. The third-order valence-electron chi connectivity index (χ3n) is 6.47. The van der Waals surface area contributed by atoms with Gasteiger partial charge in [0.2, 0.25) is 0 Å². The normalized spacial score (nSPS) is 11.2. The largest absolute Gasteiger partial charge is 0.439 e. The molecule has 8 heteroatoms. The van der Waals surface area contributed by atoms with E-state index in [9.17, 15) is 9.59 Å². The summed E-state index contributed by atoms with van der Waals surface area (Å²) in [6.07, 6.45) is 3.36. The van der Waals surface area contributed by atoms with Crippen LogP contribution in [0.15, 0.2) is 80.2 Å². The van der Waals surface area contributed by atoms with Gasteiger partial charge in [-0.05, 0) is 47.9 Å². The van der Waals surface area contributed by atoms with Crippen molar-refractivity contribution in [1.82, 2.24) is 19.7 Å². The molecule has 37 heavy (non-hydrogen) atoms. The van der Waals surface area contributed by atoms with Gasteiger partial charge < -0.3 is 0 Å². The van der Waals surface area contributed by atoms with Gasteiger partial charge in [0.15, 0.2) is 5.82 Å². The lowest BCUT2D eigenvalue weighted by atomic mass is 9.96. The smallest absolute Gasteiger partial charge is 0.296 e. The van der Waals surface area contributed by atoms with E-state index in [1.165, 1.54) is 0 Å². The maximum absolute atomic E-state index is 13.7. The molecule has 0 fully saturated rings. The Kier molecular flexibility index (Phi) is 7.28. The number of unbranched alkanes of at least 4 members (excludes halogenated alkanes) is 1. The van der Waals surface area contributed by atoms with Gasteiger partial charge in [-0.15, -0.1) is 11.3 Å². The topological polar surface area (TPSA) is 93.8 Å². The van der Waals surface area contributed by atoms with Crippen LogP contribution >= 0.6 is 11.3 Å². The molecule has 0 aliphatic heterocycles. The highest BCUT2D eigenvalue weighted by atomic mass is 32.1. The Bertz CT molecular complexity index is 1610. The number of H-pyrrole nitrogens is 1. The molecular formula is C29H28N4O3S. The summed E-state index contributed by atoms with van der Waals surface area (Å²) >= 11 is 1.65. The fourth-order valence-corrected chi connectivity index (χ4v) is 5.22. The van der Waals surface area contributed by atoms with Gasteiger partial charge in [0.25, 0.3) is 5.56 Å². The molecule has 0 amide bonds. The number of hydrogen-bond donors (Lipinski definition) is 1. The van der Waals surface area contributed by atoms with Gasteiger partial charge >= 0.3 is 5.76 Å². The quantitative estimate of drug-likeness (QED) is 0.277. The zero-order chi connectivity index (χ0) is 25.8. The first kappa shape index (κ1) is 24.6. The number of thiophene rings is 1. The number of benzene rings is 2. The summed E-state index contributed by atoms with van der Waals surface area (Å²) in [4.78, 5) is 33.8. The van der Waals surface area contributed by atoms with Crippen LogP contribution in [0.3, 0.4) is 0 Å². The monoisotopic (exact) mass is 512 g/mol. The van der Waals surface area contributed by atoms with Crippen LogP contribution in [0.2, 0.25) is 0 Å². The van der Waals surface area contributed by atoms with Crippen LogP contribution in [0.5, 0.6) is 0 Å². The van der Waals surface area contributed by atoms with Crippen molar-refractivity contribution in [3.05, 3.63) is 114 Å². The summed E-state index contributed by atoms with van der Waals surface area (Å²) in [5.41, 5.74) is 5.43. The SMILES string of the molecule is CCCCc1nc(C)n(Cc2cccs2)c(=O)c1Cc1ccc(-c2ccccc2-c2noc(=O)[nH]2)cc1.